The molecule has 1 atom stereocenters. The molecule has 0 saturated carbocycles. The van der Waals surface area contributed by atoms with Gasteiger partial charge >= 0.3 is 0 Å². The molecule has 0 spiro atoms. The number of carbonyl (C=O) groups excluding carboxylic acids is 1. The van der Waals surface area contributed by atoms with E-state index in [0.29, 0.717) is 18.1 Å². The van der Waals surface area contributed by atoms with E-state index >= 15 is 0 Å². The molecule has 0 radical (unpaired) electrons. The van der Waals surface area contributed by atoms with E-state index in [0.717, 1.165) is 16.7 Å². The van der Waals surface area contributed by atoms with Gasteiger partial charge in [0.1, 0.15) is 18.4 Å². The molecule has 0 bridgehead atoms. The van der Waals surface area contributed by atoms with Crippen LogP contribution in [0.5, 0.6) is 5.75 Å². The van der Waals surface area contributed by atoms with Crippen LogP contribution in [0.2, 0.25) is 0 Å². The minimum atomic E-state index is -3.94. The van der Waals surface area contributed by atoms with Crippen molar-refractivity contribution >= 4 is 27.7 Å². The number of benzene rings is 2. The van der Waals surface area contributed by atoms with Gasteiger partial charge in [0.15, 0.2) is 0 Å². The maximum Gasteiger partial charge on any atom is 0.263 e. The lowest BCUT2D eigenvalue weighted by Gasteiger charge is -2.43. The van der Waals surface area contributed by atoms with E-state index in [1.54, 1.807) is 31.5 Å². The molecule has 2 N–H and O–H groups in total. The molecule has 9 heteroatoms. The van der Waals surface area contributed by atoms with Crippen LogP contribution in [0.1, 0.15) is 30.5 Å². The fraction of sp³-hybridized carbons (Fsp3) is 0.409. The predicted octanol–water partition coefficient (Wildman–Crippen LogP) is 3.27. The maximum atomic E-state index is 13.3. The Morgan fingerprint density at radius 3 is 2.39 bits per heavy atom. The minimum Gasteiger partial charge on any atom is -0.489 e. The van der Waals surface area contributed by atoms with Crippen LogP contribution in [0.15, 0.2) is 47.4 Å². The zero-order valence-corrected chi connectivity index (χ0v) is 19.7. The zero-order chi connectivity index (χ0) is 22.8. The average molecular weight is 465 g/mol. The van der Waals surface area contributed by atoms with Crippen LogP contribution in [0, 0.1) is 13.8 Å². The monoisotopic (exact) mass is 464 g/mol. The third kappa shape index (κ3) is 5.23. The van der Waals surface area contributed by atoms with Crippen molar-refractivity contribution in [1.82, 2.24) is 9.79 Å². The number of amides is 1. The molecular weight excluding hydrogens is 436 g/mol. The van der Waals surface area contributed by atoms with E-state index in [1.165, 1.54) is 28.2 Å². The number of aryl methyl sites for hydroxylation is 2. The molecule has 7 nitrogen and oxygen atoms in total. The molecule has 0 aromatic heterocycles. The standard InChI is InChI=1S/C22H28N2O5S2/c1-15-11-16(2)13-17(12-15)14-29-18-5-7-19(8-6-18)31(27,28)24-9-10-30-22(3,4)20(24)21(25)23-26/h5-8,11-13,20,26H,9-10,14H2,1-4H3,(H,23,25). The van der Waals surface area contributed by atoms with Crippen molar-refractivity contribution < 1.29 is 23.2 Å². The highest BCUT2D eigenvalue weighted by Gasteiger charge is 2.48. The van der Waals surface area contributed by atoms with Gasteiger partial charge < -0.3 is 4.74 Å². The number of thioether (sulfide) groups is 1. The molecule has 3 rings (SSSR count). The summed E-state index contributed by atoms with van der Waals surface area (Å²) in [7, 11) is -3.94. The quantitative estimate of drug-likeness (QED) is 0.503. The van der Waals surface area contributed by atoms with Crippen molar-refractivity contribution in [2.24, 2.45) is 0 Å². The van der Waals surface area contributed by atoms with Crippen molar-refractivity contribution in [3.63, 3.8) is 0 Å². The van der Waals surface area contributed by atoms with Gasteiger partial charge in [-0.1, -0.05) is 29.3 Å². The summed E-state index contributed by atoms with van der Waals surface area (Å²) in [5.74, 6) is 0.366. The number of hydrogen-bond acceptors (Lipinski definition) is 6. The first kappa shape index (κ1) is 23.6. The fourth-order valence-corrected chi connectivity index (χ4v) is 6.99. The Hall–Kier alpha value is -2.07. The highest BCUT2D eigenvalue weighted by Crippen LogP contribution is 2.38. The van der Waals surface area contributed by atoms with Crippen LogP contribution in [0.25, 0.3) is 0 Å². The Labute approximate surface area is 187 Å². The lowest BCUT2D eigenvalue weighted by Crippen LogP contribution is -2.61. The van der Waals surface area contributed by atoms with Crippen molar-refractivity contribution in [3.05, 3.63) is 59.2 Å². The molecule has 31 heavy (non-hydrogen) atoms. The summed E-state index contributed by atoms with van der Waals surface area (Å²) >= 11 is 1.50. The molecule has 1 fully saturated rings. The number of nitrogens with zero attached hydrogens (tertiary/aromatic N) is 1. The summed E-state index contributed by atoms with van der Waals surface area (Å²) in [5.41, 5.74) is 4.97. The van der Waals surface area contributed by atoms with Crippen LogP contribution < -0.4 is 10.2 Å². The summed E-state index contributed by atoms with van der Waals surface area (Å²) in [6.07, 6.45) is 0. The second kappa shape index (κ2) is 9.20. The third-order valence-corrected chi connectivity index (χ3v) is 8.44. The van der Waals surface area contributed by atoms with Gasteiger partial charge in [-0.3, -0.25) is 10.0 Å². The molecule has 1 heterocycles. The van der Waals surface area contributed by atoms with Crippen molar-refractivity contribution in [1.29, 1.82) is 0 Å². The van der Waals surface area contributed by atoms with Crippen molar-refractivity contribution in [2.45, 2.75) is 50.0 Å². The smallest absolute Gasteiger partial charge is 0.263 e. The average Bonchev–Trinajstić information content (AvgIpc) is 2.70. The van der Waals surface area contributed by atoms with Gasteiger partial charge in [0.25, 0.3) is 5.91 Å². The lowest BCUT2D eigenvalue weighted by atomic mass is 10.0. The van der Waals surface area contributed by atoms with E-state index in [-0.39, 0.29) is 11.4 Å². The molecule has 0 aliphatic carbocycles. The van der Waals surface area contributed by atoms with Crippen molar-refractivity contribution in [2.75, 3.05) is 12.3 Å². The zero-order valence-electron chi connectivity index (χ0n) is 18.1. The normalized spacial score (nSPS) is 19.1. The van der Waals surface area contributed by atoms with Crippen molar-refractivity contribution in [3.8, 4) is 5.75 Å². The van der Waals surface area contributed by atoms with E-state index in [9.17, 15) is 13.2 Å². The van der Waals surface area contributed by atoms with Gasteiger partial charge in [-0.05, 0) is 57.5 Å². The van der Waals surface area contributed by atoms with Gasteiger partial charge in [0.2, 0.25) is 10.0 Å². The van der Waals surface area contributed by atoms with Gasteiger partial charge in [-0.25, -0.2) is 13.9 Å². The predicted molar refractivity (Wildman–Crippen MR) is 121 cm³/mol. The molecule has 2 aromatic carbocycles. The summed E-state index contributed by atoms with van der Waals surface area (Å²) < 4.78 is 32.9. The van der Waals surface area contributed by atoms with Gasteiger partial charge in [-0.15, -0.1) is 0 Å². The SMILES string of the molecule is Cc1cc(C)cc(COc2ccc(S(=O)(=O)N3CCSC(C)(C)C3C(=O)NO)cc2)c1. The number of rotatable bonds is 6. The summed E-state index contributed by atoms with van der Waals surface area (Å²) in [4.78, 5) is 12.4. The first-order chi connectivity index (χ1) is 14.5. The summed E-state index contributed by atoms with van der Waals surface area (Å²) in [5, 5.41) is 9.15. The van der Waals surface area contributed by atoms with Gasteiger partial charge in [-0.2, -0.15) is 16.1 Å². The minimum absolute atomic E-state index is 0.0738. The van der Waals surface area contributed by atoms with Crippen LogP contribution in [-0.2, 0) is 21.4 Å². The van der Waals surface area contributed by atoms with Gasteiger partial charge in [0, 0.05) is 17.0 Å². The van der Waals surface area contributed by atoms with Crippen LogP contribution >= 0.6 is 11.8 Å². The van der Waals surface area contributed by atoms with E-state index in [2.05, 4.69) is 6.07 Å². The molecule has 168 valence electrons. The number of hydroxylamine groups is 1. The Kier molecular flexibility index (Phi) is 7.00. The molecule has 2 aromatic rings. The third-order valence-electron chi connectivity index (χ3n) is 5.21. The topological polar surface area (TPSA) is 95.9 Å². The number of nitrogens with one attached hydrogen (secondary N) is 1. The molecule has 1 aliphatic rings. The molecule has 1 unspecified atom stereocenters. The largest absolute Gasteiger partial charge is 0.489 e. The molecular formula is C22H28N2O5S2. The van der Waals surface area contributed by atoms with E-state index in [4.69, 9.17) is 9.94 Å². The second-order valence-electron chi connectivity index (χ2n) is 8.20. The Morgan fingerprint density at radius 1 is 1.19 bits per heavy atom. The Morgan fingerprint density at radius 2 is 1.81 bits per heavy atom. The first-order valence-corrected chi connectivity index (χ1v) is 12.4. The van der Waals surface area contributed by atoms with E-state index < -0.39 is 26.7 Å². The molecule has 1 amide bonds. The van der Waals surface area contributed by atoms with Gasteiger partial charge in [0.05, 0.1) is 4.90 Å². The lowest BCUT2D eigenvalue weighted by molar-refractivity contribution is -0.134. The second-order valence-corrected chi connectivity index (χ2v) is 11.8. The number of carbonyl (C=O) groups is 1. The first-order valence-electron chi connectivity index (χ1n) is 9.94. The number of sulfonamides is 1. The summed E-state index contributed by atoms with van der Waals surface area (Å²) in [6.45, 7) is 8.21. The number of ether oxygens (including phenoxy) is 1. The van der Waals surface area contributed by atoms with E-state index in [1.807, 2.05) is 26.0 Å². The highest BCUT2D eigenvalue weighted by atomic mass is 32.2. The fourth-order valence-electron chi connectivity index (χ4n) is 3.88. The number of hydrogen-bond donors (Lipinski definition) is 2. The van der Waals surface area contributed by atoms with Crippen LogP contribution in [0.4, 0.5) is 0 Å². The summed E-state index contributed by atoms with van der Waals surface area (Å²) in [6, 6.07) is 11.3. The van der Waals surface area contributed by atoms with Crippen LogP contribution in [0.3, 0.4) is 0 Å². The molecule has 1 aliphatic heterocycles. The highest BCUT2D eigenvalue weighted by molar-refractivity contribution is 8.00. The van der Waals surface area contributed by atoms with Crippen LogP contribution in [-0.4, -0.2) is 46.9 Å². The molecule has 1 saturated heterocycles. The Balaban J connectivity index is 1.79. The maximum absolute atomic E-state index is 13.3. The Bertz CT molecular complexity index is 1030.